The van der Waals surface area contributed by atoms with Crippen LogP contribution in [0.1, 0.15) is 36.6 Å². The first-order valence-electron chi connectivity index (χ1n) is 8.44. The Morgan fingerprint density at radius 3 is 3.04 bits per heavy atom. The Morgan fingerprint density at radius 1 is 1.44 bits per heavy atom. The normalized spacial score (nSPS) is 17.5. The molecule has 25 heavy (non-hydrogen) atoms. The third-order valence-electron chi connectivity index (χ3n) is 4.25. The number of nitrogens with zero attached hydrogens (tertiary/aromatic N) is 4. The van der Waals surface area contributed by atoms with Gasteiger partial charge < -0.3 is 15.0 Å². The van der Waals surface area contributed by atoms with Crippen LogP contribution < -0.4 is 5.32 Å². The maximum atomic E-state index is 12.3. The van der Waals surface area contributed by atoms with Crippen LogP contribution in [0.25, 0.3) is 0 Å². The molecule has 0 saturated carbocycles. The number of amides is 1. The van der Waals surface area contributed by atoms with Gasteiger partial charge in [0.15, 0.2) is 10.9 Å². The molecule has 134 valence electrons. The van der Waals surface area contributed by atoms with E-state index in [2.05, 4.69) is 20.3 Å². The zero-order valence-corrected chi connectivity index (χ0v) is 15.4. The molecule has 0 unspecified atom stereocenters. The average Bonchev–Trinajstić information content (AvgIpc) is 3.05. The lowest BCUT2D eigenvalue weighted by atomic mass is 9.94. The Morgan fingerprint density at radius 2 is 2.28 bits per heavy atom. The molecule has 3 rings (SSSR count). The van der Waals surface area contributed by atoms with Crippen LogP contribution >= 0.6 is 11.3 Å². The summed E-state index contributed by atoms with van der Waals surface area (Å²) in [6.07, 6.45) is 5.78. The first-order valence-corrected chi connectivity index (χ1v) is 9.32. The molecule has 8 heteroatoms. The van der Waals surface area contributed by atoms with Crippen molar-refractivity contribution in [2.75, 3.05) is 32.1 Å². The van der Waals surface area contributed by atoms with E-state index in [4.69, 9.17) is 4.74 Å². The fourth-order valence-electron chi connectivity index (χ4n) is 3.03. The van der Waals surface area contributed by atoms with E-state index in [1.54, 1.807) is 30.8 Å². The lowest BCUT2D eigenvalue weighted by Gasteiger charge is -2.33. The molecule has 3 heterocycles. The SMILES string of the molecule is COCCC(=O)N1CCC[C@@H](c2nccnc2Nc2nc(C)cs2)C1. The van der Waals surface area contributed by atoms with Gasteiger partial charge in [-0.2, -0.15) is 0 Å². The Labute approximate surface area is 151 Å². The van der Waals surface area contributed by atoms with Crippen LogP contribution in [0.15, 0.2) is 17.8 Å². The number of nitrogens with one attached hydrogen (secondary N) is 1. The van der Waals surface area contributed by atoms with Gasteiger partial charge in [0.05, 0.1) is 24.4 Å². The van der Waals surface area contributed by atoms with Crippen LogP contribution in [0.5, 0.6) is 0 Å². The van der Waals surface area contributed by atoms with E-state index in [0.717, 1.165) is 41.7 Å². The number of piperidine rings is 1. The van der Waals surface area contributed by atoms with Crippen molar-refractivity contribution in [2.24, 2.45) is 0 Å². The van der Waals surface area contributed by atoms with E-state index < -0.39 is 0 Å². The molecular formula is C17H23N5O2S. The van der Waals surface area contributed by atoms with Crippen molar-refractivity contribution < 1.29 is 9.53 Å². The summed E-state index contributed by atoms with van der Waals surface area (Å²) in [4.78, 5) is 27.6. The Kier molecular flexibility index (Phi) is 5.93. The summed E-state index contributed by atoms with van der Waals surface area (Å²) >= 11 is 1.55. The van der Waals surface area contributed by atoms with Gasteiger partial charge in [0.25, 0.3) is 0 Å². The highest BCUT2D eigenvalue weighted by Crippen LogP contribution is 2.31. The van der Waals surface area contributed by atoms with Gasteiger partial charge in [-0.1, -0.05) is 0 Å². The van der Waals surface area contributed by atoms with E-state index in [1.165, 1.54) is 0 Å². The fraction of sp³-hybridized carbons (Fsp3) is 0.529. The molecule has 0 radical (unpaired) electrons. The first kappa shape index (κ1) is 17.8. The van der Waals surface area contributed by atoms with Gasteiger partial charge in [-0.05, 0) is 19.8 Å². The topological polar surface area (TPSA) is 80.2 Å². The number of carbonyl (C=O) groups excluding carboxylic acids is 1. The van der Waals surface area contributed by atoms with Gasteiger partial charge in [0, 0.05) is 43.9 Å². The van der Waals surface area contributed by atoms with Crippen LogP contribution in [-0.4, -0.2) is 52.6 Å². The number of hydrogen-bond donors (Lipinski definition) is 1. The van der Waals surface area contributed by atoms with Crippen LogP contribution in [0.3, 0.4) is 0 Å². The third kappa shape index (κ3) is 4.52. The zero-order valence-electron chi connectivity index (χ0n) is 14.6. The second kappa shape index (κ2) is 8.35. The molecule has 1 aliphatic rings. The monoisotopic (exact) mass is 361 g/mol. The second-order valence-electron chi connectivity index (χ2n) is 6.13. The van der Waals surface area contributed by atoms with Crippen molar-refractivity contribution >= 4 is 28.2 Å². The van der Waals surface area contributed by atoms with E-state index in [0.29, 0.717) is 19.6 Å². The van der Waals surface area contributed by atoms with Crippen molar-refractivity contribution in [2.45, 2.75) is 32.1 Å². The highest BCUT2D eigenvalue weighted by molar-refractivity contribution is 7.13. The maximum Gasteiger partial charge on any atom is 0.224 e. The number of methoxy groups -OCH3 is 1. The van der Waals surface area contributed by atoms with Crippen LogP contribution in [-0.2, 0) is 9.53 Å². The van der Waals surface area contributed by atoms with Gasteiger partial charge >= 0.3 is 0 Å². The predicted octanol–water partition coefficient (Wildman–Crippen LogP) is 2.73. The summed E-state index contributed by atoms with van der Waals surface area (Å²) in [7, 11) is 1.62. The maximum absolute atomic E-state index is 12.3. The summed E-state index contributed by atoms with van der Waals surface area (Å²) in [5, 5.41) is 6.08. The molecule has 1 aliphatic heterocycles. The Balaban J connectivity index is 1.73. The highest BCUT2D eigenvalue weighted by Gasteiger charge is 2.27. The molecule has 1 atom stereocenters. The van der Waals surface area contributed by atoms with Crippen LogP contribution in [0, 0.1) is 6.92 Å². The summed E-state index contributed by atoms with van der Waals surface area (Å²) in [5.74, 6) is 1.05. The molecule has 1 fully saturated rings. The largest absolute Gasteiger partial charge is 0.384 e. The summed E-state index contributed by atoms with van der Waals surface area (Å²) in [6, 6.07) is 0. The molecule has 0 aromatic carbocycles. The lowest BCUT2D eigenvalue weighted by Crippen LogP contribution is -2.39. The number of ether oxygens (including phenoxy) is 1. The summed E-state index contributed by atoms with van der Waals surface area (Å²) < 4.78 is 5.02. The minimum atomic E-state index is 0.139. The predicted molar refractivity (Wildman–Crippen MR) is 97.2 cm³/mol. The Hall–Kier alpha value is -2.06. The zero-order chi connectivity index (χ0) is 17.6. The summed E-state index contributed by atoms with van der Waals surface area (Å²) in [6.45, 7) is 3.89. The van der Waals surface area contributed by atoms with Crippen molar-refractivity contribution in [1.29, 1.82) is 0 Å². The number of hydrogen-bond acceptors (Lipinski definition) is 7. The number of rotatable bonds is 6. The molecule has 1 saturated heterocycles. The highest BCUT2D eigenvalue weighted by atomic mass is 32.1. The van der Waals surface area contributed by atoms with E-state index in [9.17, 15) is 4.79 Å². The van der Waals surface area contributed by atoms with Crippen molar-refractivity contribution in [3.05, 3.63) is 29.2 Å². The Bertz CT molecular complexity index is 721. The third-order valence-corrected chi connectivity index (χ3v) is 5.13. The van der Waals surface area contributed by atoms with Crippen molar-refractivity contribution in [3.8, 4) is 0 Å². The minimum Gasteiger partial charge on any atom is -0.384 e. The molecule has 0 bridgehead atoms. The van der Waals surface area contributed by atoms with Gasteiger partial charge in [-0.3, -0.25) is 9.78 Å². The number of carbonyl (C=O) groups is 1. The lowest BCUT2D eigenvalue weighted by molar-refractivity contribution is -0.133. The van der Waals surface area contributed by atoms with Gasteiger partial charge in [-0.25, -0.2) is 9.97 Å². The van der Waals surface area contributed by atoms with E-state index in [1.807, 2.05) is 17.2 Å². The number of thiazole rings is 1. The quantitative estimate of drug-likeness (QED) is 0.852. The smallest absolute Gasteiger partial charge is 0.224 e. The van der Waals surface area contributed by atoms with Gasteiger partial charge in [0.1, 0.15) is 0 Å². The van der Waals surface area contributed by atoms with Crippen molar-refractivity contribution in [1.82, 2.24) is 19.9 Å². The molecule has 1 N–H and O–H groups in total. The van der Waals surface area contributed by atoms with Crippen molar-refractivity contribution in [3.63, 3.8) is 0 Å². The molecule has 2 aromatic heterocycles. The minimum absolute atomic E-state index is 0.139. The molecule has 0 aliphatic carbocycles. The van der Waals surface area contributed by atoms with Crippen LogP contribution in [0.4, 0.5) is 10.9 Å². The fourth-order valence-corrected chi connectivity index (χ4v) is 3.72. The van der Waals surface area contributed by atoms with Gasteiger partial charge in [-0.15, -0.1) is 11.3 Å². The second-order valence-corrected chi connectivity index (χ2v) is 6.99. The molecule has 2 aromatic rings. The molecule has 0 spiro atoms. The molecule has 7 nitrogen and oxygen atoms in total. The summed E-state index contributed by atoms with van der Waals surface area (Å²) in [5.41, 5.74) is 1.88. The molecular weight excluding hydrogens is 338 g/mol. The number of aromatic nitrogens is 3. The molecule has 1 amide bonds. The average molecular weight is 361 g/mol. The standard InChI is InChI=1S/C17H23N5O2S/c1-12-11-25-17(20-12)21-16-15(18-6-7-19-16)13-4-3-8-22(10-13)14(23)5-9-24-2/h6-7,11,13H,3-5,8-10H2,1-2H3,(H,19,20,21)/t13-/m1/s1. The number of anilines is 2. The van der Waals surface area contributed by atoms with Crippen LogP contribution in [0.2, 0.25) is 0 Å². The van der Waals surface area contributed by atoms with E-state index in [-0.39, 0.29) is 11.8 Å². The first-order chi connectivity index (χ1) is 12.2. The van der Waals surface area contributed by atoms with E-state index >= 15 is 0 Å². The number of likely N-dealkylation sites (tertiary alicyclic amines) is 1. The van der Waals surface area contributed by atoms with Gasteiger partial charge in [0.2, 0.25) is 5.91 Å². The number of aryl methyl sites for hydroxylation is 1.